The largest absolute Gasteiger partial charge is 0.370 e. The normalized spacial score (nSPS) is 9.45. The number of nitrogens with zero attached hydrogens (tertiary/aromatic N) is 3. The molecule has 0 unspecified atom stereocenters. The van der Waals surface area contributed by atoms with E-state index >= 15 is 0 Å². The summed E-state index contributed by atoms with van der Waals surface area (Å²) >= 11 is 0. The highest BCUT2D eigenvalue weighted by molar-refractivity contribution is 5.87. The molecule has 0 saturated carbocycles. The summed E-state index contributed by atoms with van der Waals surface area (Å²) in [5.74, 6) is -0.574. The van der Waals surface area contributed by atoms with Crippen molar-refractivity contribution in [1.29, 1.82) is 10.5 Å². The van der Waals surface area contributed by atoms with Gasteiger partial charge >= 0.3 is 18.3 Å². The first kappa shape index (κ1) is 9.35. The van der Waals surface area contributed by atoms with E-state index in [4.69, 9.17) is 10.5 Å². The van der Waals surface area contributed by atoms with Gasteiger partial charge in [0.15, 0.2) is 0 Å². The van der Waals surface area contributed by atoms with Crippen molar-refractivity contribution in [2.75, 3.05) is 7.05 Å². The Labute approximate surface area is 65.2 Å². The van der Waals surface area contributed by atoms with Crippen LogP contribution in [0.2, 0.25) is 0 Å². The quantitative estimate of drug-likeness (QED) is 0.310. The molecule has 0 bridgehead atoms. The molecule has 0 spiro atoms. The second-order valence-electron chi connectivity index (χ2n) is 2.29. The van der Waals surface area contributed by atoms with E-state index in [2.05, 4.69) is 6.58 Å². The second kappa shape index (κ2) is 2.96. The Morgan fingerprint density at radius 3 is 1.91 bits per heavy atom. The lowest BCUT2D eigenvalue weighted by Gasteiger charge is -2.09. The van der Waals surface area contributed by atoms with Gasteiger partial charge in [0.05, 0.1) is 0 Å². The summed E-state index contributed by atoms with van der Waals surface area (Å²) in [5, 5.41) is 16.9. The predicted molar refractivity (Wildman–Crippen MR) is 37.2 cm³/mol. The van der Waals surface area contributed by atoms with Crippen molar-refractivity contribution in [3.63, 3.8) is 0 Å². The minimum atomic E-state index is -0.921. The SMILES string of the molecule is C=C(C)C(=O)[N+](C)(C#N)C#N. The van der Waals surface area contributed by atoms with Crippen molar-refractivity contribution in [3.8, 4) is 12.4 Å². The summed E-state index contributed by atoms with van der Waals surface area (Å²) in [4.78, 5) is 11.1. The Kier molecular flexibility index (Phi) is 2.51. The van der Waals surface area contributed by atoms with Crippen molar-refractivity contribution in [1.82, 2.24) is 0 Å². The molecule has 0 aromatic carbocycles. The van der Waals surface area contributed by atoms with Crippen LogP contribution in [0.25, 0.3) is 0 Å². The summed E-state index contributed by atoms with van der Waals surface area (Å²) in [6.45, 7) is 4.82. The molecule has 56 valence electrons. The van der Waals surface area contributed by atoms with Gasteiger partial charge in [-0.3, -0.25) is 0 Å². The summed E-state index contributed by atoms with van der Waals surface area (Å²) in [5.41, 5.74) is 0.204. The number of hydrogen-bond acceptors (Lipinski definition) is 3. The van der Waals surface area contributed by atoms with E-state index in [1.165, 1.54) is 14.0 Å². The van der Waals surface area contributed by atoms with E-state index in [0.29, 0.717) is 0 Å². The topological polar surface area (TPSA) is 64.7 Å². The van der Waals surface area contributed by atoms with Crippen molar-refractivity contribution in [2.24, 2.45) is 0 Å². The maximum atomic E-state index is 11.1. The third-order valence-electron chi connectivity index (χ3n) is 1.17. The van der Waals surface area contributed by atoms with Crippen LogP contribution in [0.5, 0.6) is 0 Å². The lowest BCUT2D eigenvalue weighted by atomic mass is 10.3. The molecule has 11 heavy (non-hydrogen) atoms. The number of nitriles is 2. The van der Waals surface area contributed by atoms with Crippen LogP contribution in [0.15, 0.2) is 12.2 Å². The molecule has 0 aliphatic carbocycles. The van der Waals surface area contributed by atoms with Crippen molar-refractivity contribution < 1.29 is 9.28 Å². The number of hydrogen-bond donors (Lipinski definition) is 0. The van der Waals surface area contributed by atoms with Crippen LogP contribution in [-0.2, 0) is 4.79 Å². The van der Waals surface area contributed by atoms with Gasteiger partial charge in [-0.2, -0.15) is 0 Å². The second-order valence-corrected chi connectivity index (χ2v) is 2.29. The molecule has 0 saturated heterocycles. The van der Waals surface area contributed by atoms with Gasteiger partial charge in [0.2, 0.25) is 0 Å². The highest BCUT2D eigenvalue weighted by Gasteiger charge is 2.33. The highest BCUT2D eigenvalue weighted by atomic mass is 16.2. The molecule has 0 aromatic heterocycles. The molecule has 0 heterocycles. The van der Waals surface area contributed by atoms with Gasteiger partial charge in [0, 0.05) is 5.57 Å². The van der Waals surface area contributed by atoms with E-state index in [1.807, 2.05) is 0 Å². The van der Waals surface area contributed by atoms with Crippen LogP contribution in [0.1, 0.15) is 6.92 Å². The smallest absolute Gasteiger partial charge is 0.223 e. The van der Waals surface area contributed by atoms with Crippen molar-refractivity contribution in [3.05, 3.63) is 12.2 Å². The summed E-state index contributed by atoms with van der Waals surface area (Å²) in [7, 11) is 1.22. The van der Waals surface area contributed by atoms with Crippen molar-refractivity contribution in [2.45, 2.75) is 6.92 Å². The standard InChI is InChI=1S/C7H8N3O/c1-6(2)7(11)10(3,4-8)5-9/h1H2,2-3H3/q+1. The summed E-state index contributed by atoms with van der Waals surface area (Å²) in [6.07, 6.45) is 3.15. The maximum Gasteiger partial charge on any atom is 0.370 e. The van der Waals surface area contributed by atoms with E-state index in [-0.39, 0.29) is 5.57 Å². The van der Waals surface area contributed by atoms with Crippen LogP contribution in [0, 0.1) is 22.9 Å². The van der Waals surface area contributed by atoms with Crippen LogP contribution < -0.4 is 0 Å². The molecule has 0 aromatic rings. The Hall–Kier alpha value is -1.65. The Bertz CT molecular complexity index is 265. The van der Waals surface area contributed by atoms with Crippen molar-refractivity contribution >= 4 is 5.91 Å². The fourth-order valence-electron chi connectivity index (χ4n) is 0.495. The zero-order chi connectivity index (χ0) is 9.07. The molecule has 0 aliphatic rings. The number of carbonyl (C=O) groups excluding carboxylic acids is 1. The zero-order valence-electron chi connectivity index (χ0n) is 6.46. The third kappa shape index (κ3) is 1.64. The number of rotatable bonds is 1. The molecular weight excluding hydrogens is 142 g/mol. The van der Waals surface area contributed by atoms with Gasteiger partial charge < -0.3 is 0 Å². The average Bonchev–Trinajstić information content (AvgIpc) is 2.01. The lowest BCUT2D eigenvalue weighted by molar-refractivity contribution is -0.692. The van der Waals surface area contributed by atoms with E-state index in [0.717, 1.165) is 0 Å². The number of amides is 1. The van der Waals surface area contributed by atoms with Crippen LogP contribution in [0.4, 0.5) is 0 Å². The molecule has 0 aliphatic heterocycles. The Morgan fingerprint density at radius 1 is 1.45 bits per heavy atom. The molecular formula is C7H8N3O+. The van der Waals surface area contributed by atoms with Crippen LogP contribution in [0.3, 0.4) is 0 Å². The van der Waals surface area contributed by atoms with Gasteiger partial charge in [-0.1, -0.05) is 11.1 Å². The van der Waals surface area contributed by atoms with Crippen LogP contribution in [-0.4, -0.2) is 17.4 Å². The average molecular weight is 150 g/mol. The van der Waals surface area contributed by atoms with E-state index < -0.39 is 10.4 Å². The van der Waals surface area contributed by atoms with Gasteiger partial charge in [-0.05, 0) is 6.92 Å². The Balaban J connectivity index is 4.88. The fourth-order valence-corrected chi connectivity index (χ4v) is 0.495. The van der Waals surface area contributed by atoms with Gasteiger partial charge in [-0.25, -0.2) is 4.79 Å². The first-order valence-corrected chi connectivity index (χ1v) is 2.87. The first-order chi connectivity index (χ1) is 4.98. The molecule has 0 radical (unpaired) electrons. The number of carbonyl (C=O) groups is 1. The van der Waals surface area contributed by atoms with Gasteiger partial charge in [0.1, 0.15) is 7.05 Å². The molecule has 0 rings (SSSR count). The molecule has 4 nitrogen and oxygen atoms in total. The third-order valence-corrected chi connectivity index (χ3v) is 1.17. The highest BCUT2D eigenvalue weighted by Crippen LogP contribution is 2.04. The predicted octanol–water partition coefficient (Wildman–Crippen LogP) is 0.498. The number of quaternary nitrogens is 1. The van der Waals surface area contributed by atoms with Gasteiger partial charge in [-0.15, -0.1) is 10.5 Å². The summed E-state index contributed by atoms with van der Waals surface area (Å²) < 4.78 is -0.921. The lowest BCUT2D eigenvalue weighted by Crippen LogP contribution is -2.40. The molecule has 0 atom stereocenters. The Morgan fingerprint density at radius 2 is 1.82 bits per heavy atom. The molecule has 0 N–H and O–H groups in total. The minimum absolute atomic E-state index is 0.204. The fraction of sp³-hybridized carbons (Fsp3) is 0.286. The monoisotopic (exact) mass is 150 g/mol. The number of likely N-dealkylation sites (N-methyl/N-ethyl adjacent to an activating group) is 1. The molecule has 4 heteroatoms. The maximum absolute atomic E-state index is 11.1. The minimum Gasteiger partial charge on any atom is -0.223 e. The first-order valence-electron chi connectivity index (χ1n) is 2.87. The molecule has 1 amide bonds. The van der Waals surface area contributed by atoms with Crippen LogP contribution >= 0.6 is 0 Å². The summed E-state index contributed by atoms with van der Waals surface area (Å²) in [6, 6.07) is 0. The molecule has 0 fully saturated rings. The van der Waals surface area contributed by atoms with E-state index in [9.17, 15) is 4.79 Å². The van der Waals surface area contributed by atoms with E-state index in [1.54, 1.807) is 12.4 Å². The van der Waals surface area contributed by atoms with Gasteiger partial charge in [0.25, 0.3) is 0 Å². The zero-order valence-corrected chi connectivity index (χ0v) is 6.46.